The number of rotatable bonds is 5. The van der Waals surface area contributed by atoms with Crippen molar-refractivity contribution in [2.24, 2.45) is 0 Å². The van der Waals surface area contributed by atoms with Gasteiger partial charge in [0.15, 0.2) is 5.82 Å². The van der Waals surface area contributed by atoms with Crippen LogP contribution >= 0.6 is 11.6 Å². The van der Waals surface area contributed by atoms with Crippen LogP contribution in [0, 0.1) is 12.7 Å². The van der Waals surface area contributed by atoms with Gasteiger partial charge in [0.25, 0.3) is 0 Å². The van der Waals surface area contributed by atoms with E-state index in [1.807, 2.05) is 13.0 Å². The Labute approximate surface area is 149 Å². The first-order valence-electron chi connectivity index (χ1n) is 7.72. The molecule has 0 spiro atoms. The van der Waals surface area contributed by atoms with Crippen LogP contribution < -0.4 is 5.32 Å². The van der Waals surface area contributed by atoms with Crippen LogP contribution in [-0.4, -0.2) is 25.5 Å². The first kappa shape index (κ1) is 17.2. The summed E-state index contributed by atoms with van der Waals surface area (Å²) in [6.45, 7) is 4.03. The van der Waals surface area contributed by atoms with E-state index < -0.39 is 6.04 Å². The zero-order chi connectivity index (χ0) is 18.0. The van der Waals surface area contributed by atoms with Crippen molar-refractivity contribution in [3.8, 4) is 0 Å². The number of aryl methyl sites for hydroxylation is 1. The van der Waals surface area contributed by atoms with Crippen LogP contribution in [0.3, 0.4) is 0 Å². The number of carbonyl (C=O) groups is 1. The predicted octanol–water partition coefficient (Wildman–Crippen LogP) is 3.43. The normalized spacial score (nSPS) is 12.2. The highest BCUT2D eigenvalue weighted by atomic mass is 35.5. The Morgan fingerprint density at radius 3 is 2.84 bits per heavy atom. The minimum absolute atomic E-state index is 0.211. The SMILES string of the molecule is Cc1ccnn1C(C)C(=O)Nc1ccn(Cc2ccc(F)cc2Cl)n1. The number of hydrogen-bond acceptors (Lipinski definition) is 3. The van der Waals surface area contributed by atoms with Gasteiger partial charge in [-0.2, -0.15) is 10.2 Å². The molecule has 0 aliphatic rings. The third-order valence-electron chi connectivity index (χ3n) is 3.85. The summed E-state index contributed by atoms with van der Waals surface area (Å²) >= 11 is 6.02. The fourth-order valence-electron chi connectivity index (χ4n) is 2.47. The summed E-state index contributed by atoms with van der Waals surface area (Å²) in [6, 6.07) is 7.30. The van der Waals surface area contributed by atoms with Gasteiger partial charge in [-0.15, -0.1) is 0 Å². The Morgan fingerprint density at radius 1 is 1.36 bits per heavy atom. The van der Waals surface area contributed by atoms with Gasteiger partial charge in [-0.05, 0) is 37.6 Å². The number of carbonyl (C=O) groups excluding carboxylic acids is 1. The van der Waals surface area contributed by atoms with Crippen molar-refractivity contribution in [3.05, 3.63) is 64.8 Å². The number of hydrogen-bond donors (Lipinski definition) is 1. The number of halogens is 2. The maximum atomic E-state index is 13.1. The van der Waals surface area contributed by atoms with E-state index in [0.717, 1.165) is 11.3 Å². The zero-order valence-corrected chi connectivity index (χ0v) is 14.5. The van der Waals surface area contributed by atoms with Crippen LogP contribution in [0.4, 0.5) is 10.2 Å². The molecule has 2 aromatic heterocycles. The number of anilines is 1. The first-order chi connectivity index (χ1) is 11.9. The van der Waals surface area contributed by atoms with E-state index in [1.165, 1.54) is 12.1 Å². The molecular weight excluding hydrogens is 345 g/mol. The Hall–Kier alpha value is -2.67. The molecule has 0 aliphatic heterocycles. The van der Waals surface area contributed by atoms with Crippen molar-refractivity contribution in [2.75, 3.05) is 5.32 Å². The fourth-order valence-corrected chi connectivity index (χ4v) is 2.70. The fraction of sp³-hybridized carbons (Fsp3) is 0.235. The Bertz CT molecular complexity index is 904. The summed E-state index contributed by atoms with van der Waals surface area (Å²) in [4.78, 5) is 12.3. The standard InChI is InChI=1S/C17H17ClFN5O/c1-11-5-7-20-24(11)12(2)17(25)21-16-6-8-23(22-16)10-13-3-4-14(19)9-15(13)18/h3-9,12H,10H2,1-2H3,(H,21,22,25). The molecule has 0 aliphatic carbocycles. The van der Waals surface area contributed by atoms with Crippen LogP contribution in [0.15, 0.2) is 42.7 Å². The lowest BCUT2D eigenvalue weighted by Gasteiger charge is -2.13. The maximum Gasteiger partial charge on any atom is 0.250 e. The molecule has 6 nitrogen and oxygen atoms in total. The summed E-state index contributed by atoms with van der Waals surface area (Å²) in [7, 11) is 0. The highest BCUT2D eigenvalue weighted by molar-refractivity contribution is 6.31. The molecule has 0 saturated carbocycles. The van der Waals surface area contributed by atoms with Gasteiger partial charge in [0.05, 0.1) is 6.54 Å². The molecule has 3 rings (SSSR count). The van der Waals surface area contributed by atoms with E-state index in [4.69, 9.17) is 11.6 Å². The molecule has 1 atom stereocenters. The van der Waals surface area contributed by atoms with Gasteiger partial charge in [-0.3, -0.25) is 14.2 Å². The lowest BCUT2D eigenvalue weighted by molar-refractivity contribution is -0.119. The molecule has 25 heavy (non-hydrogen) atoms. The summed E-state index contributed by atoms with van der Waals surface area (Å²) in [5.74, 6) is -0.165. The topological polar surface area (TPSA) is 64.7 Å². The summed E-state index contributed by atoms with van der Waals surface area (Å²) < 4.78 is 16.4. The molecule has 130 valence electrons. The molecule has 0 radical (unpaired) electrons. The number of aromatic nitrogens is 4. The molecular formula is C17H17ClFN5O. The first-order valence-corrected chi connectivity index (χ1v) is 8.10. The number of amides is 1. The molecule has 2 heterocycles. The van der Waals surface area contributed by atoms with Crippen molar-refractivity contribution in [3.63, 3.8) is 0 Å². The second-order valence-corrected chi connectivity index (χ2v) is 6.12. The van der Waals surface area contributed by atoms with Crippen LogP contribution in [0.2, 0.25) is 5.02 Å². The Balaban J connectivity index is 1.67. The number of nitrogens with one attached hydrogen (secondary N) is 1. The summed E-state index contributed by atoms with van der Waals surface area (Å²) in [5.41, 5.74) is 1.64. The van der Waals surface area contributed by atoms with Gasteiger partial charge in [0, 0.05) is 29.2 Å². The lowest BCUT2D eigenvalue weighted by Crippen LogP contribution is -2.25. The van der Waals surface area contributed by atoms with E-state index in [2.05, 4.69) is 15.5 Å². The van der Waals surface area contributed by atoms with Crippen LogP contribution in [0.25, 0.3) is 0 Å². The van der Waals surface area contributed by atoms with Gasteiger partial charge in [0.1, 0.15) is 11.9 Å². The van der Waals surface area contributed by atoms with Crippen LogP contribution in [0.5, 0.6) is 0 Å². The molecule has 0 saturated heterocycles. The minimum atomic E-state index is -0.452. The molecule has 0 fully saturated rings. The van der Waals surface area contributed by atoms with Gasteiger partial charge >= 0.3 is 0 Å². The third-order valence-corrected chi connectivity index (χ3v) is 4.21. The van der Waals surface area contributed by atoms with Gasteiger partial charge in [-0.25, -0.2) is 4.39 Å². The second kappa shape index (κ2) is 7.06. The molecule has 0 bridgehead atoms. The average Bonchev–Trinajstić information content (AvgIpc) is 3.18. The Morgan fingerprint density at radius 2 is 2.16 bits per heavy atom. The van der Waals surface area contributed by atoms with E-state index >= 15 is 0 Å². The molecule has 1 aromatic carbocycles. The Kier molecular flexibility index (Phi) is 4.85. The minimum Gasteiger partial charge on any atom is -0.307 e. The third kappa shape index (κ3) is 3.88. The summed E-state index contributed by atoms with van der Waals surface area (Å²) in [5, 5.41) is 11.5. The van der Waals surface area contributed by atoms with Crippen LogP contribution in [0.1, 0.15) is 24.2 Å². The van der Waals surface area contributed by atoms with Crippen molar-refractivity contribution >= 4 is 23.3 Å². The van der Waals surface area contributed by atoms with Gasteiger partial charge < -0.3 is 5.32 Å². The smallest absolute Gasteiger partial charge is 0.250 e. The monoisotopic (exact) mass is 361 g/mol. The average molecular weight is 362 g/mol. The maximum absolute atomic E-state index is 13.1. The number of benzene rings is 1. The summed E-state index contributed by atoms with van der Waals surface area (Å²) in [6.07, 6.45) is 3.37. The van der Waals surface area contributed by atoms with Crippen molar-refractivity contribution < 1.29 is 9.18 Å². The van der Waals surface area contributed by atoms with Crippen molar-refractivity contribution in [1.29, 1.82) is 0 Å². The molecule has 1 amide bonds. The second-order valence-electron chi connectivity index (χ2n) is 5.72. The number of nitrogens with zero attached hydrogens (tertiary/aromatic N) is 4. The van der Waals surface area contributed by atoms with Crippen molar-refractivity contribution in [1.82, 2.24) is 19.6 Å². The van der Waals surface area contributed by atoms with Gasteiger partial charge in [-0.1, -0.05) is 17.7 Å². The quantitative estimate of drug-likeness (QED) is 0.757. The largest absolute Gasteiger partial charge is 0.307 e. The lowest BCUT2D eigenvalue weighted by atomic mass is 10.2. The van der Waals surface area contributed by atoms with Crippen LogP contribution in [-0.2, 0) is 11.3 Å². The molecule has 1 unspecified atom stereocenters. The highest BCUT2D eigenvalue weighted by Crippen LogP contribution is 2.19. The van der Waals surface area contributed by atoms with Crippen molar-refractivity contribution in [2.45, 2.75) is 26.4 Å². The van der Waals surface area contributed by atoms with E-state index in [1.54, 1.807) is 40.8 Å². The predicted molar refractivity (Wildman–Crippen MR) is 93.0 cm³/mol. The van der Waals surface area contributed by atoms with Gasteiger partial charge in [0.2, 0.25) is 5.91 Å². The van der Waals surface area contributed by atoms with E-state index in [9.17, 15) is 9.18 Å². The molecule has 3 aromatic rings. The molecule has 8 heteroatoms. The van der Waals surface area contributed by atoms with E-state index in [0.29, 0.717) is 17.4 Å². The highest BCUT2D eigenvalue weighted by Gasteiger charge is 2.18. The zero-order valence-electron chi connectivity index (χ0n) is 13.8. The van der Waals surface area contributed by atoms with E-state index in [-0.39, 0.29) is 11.7 Å². The molecule has 1 N–H and O–H groups in total.